The van der Waals surface area contributed by atoms with Crippen molar-refractivity contribution in [3.05, 3.63) is 33.9 Å². The zero-order valence-electron chi connectivity index (χ0n) is 7.50. The van der Waals surface area contributed by atoms with Crippen molar-refractivity contribution in [1.29, 1.82) is 0 Å². The van der Waals surface area contributed by atoms with Crippen LogP contribution < -0.4 is 10.9 Å². The Morgan fingerprint density at radius 2 is 2.15 bits per heavy atom. The minimum absolute atomic E-state index is 0.108. The van der Waals surface area contributed by atoms with Gasteiger partial charge >= 0.3 is 0 Å². The molecule has 0 amide bonds. The number of nitro groups is 1. The van der Waals surface area contributed by atoms with Crippen LogP contribution in [-0.2, 0) is 0 Å². The van der Waals surface area contributed by atoms with Gasteiger partial charge in [0.2, 0.25) is 0 Å². The molecule has 0 aliphatic carbocycles. The Bertz CT molecular complexity index is 325. The van der Waals surface area contributed by atoms with Gasteiger partial charge < -0.3 is 5.43 Å². The van der Waals surface area contributed by atoms with Crippen LogP contribution in [0.1, 0.15) is 5.56 Å². The van der Waals surface area contributed by atoms with Gasteiger partial charge in [0.15, 0.2) is 0 Å². The van der Waals surface area contributed by atoms with Gasteiger partial charge in [-0.15, -0.1) is 0 Å². The number of hydrogen-bond acceptors (Lipinski definition) is 4. The quantitative estimate of drug-likeness (QED) is 0.547. The van der Waals surface area contributed by atoms with E-state index in [9.17, 15) is 10.1 Å². The highest BCUT2D eigenvalue weighted by molar-refractivity contribution is 5.64. The summed E-state index contributed by atoms with van der Waals surface area (Å²) in [6.07, 6.45) is 0. The fourth-order valence-electron chi connectivity index (χ4n) is 1.14. The SMILES string of the molecule is CNNc1cccc(C)c1[N+](=O)[O-]. The van der Waals surface area contributed by atoms with E-state index in [4.69, 9.17) is 0 Å². The Morgan fingerprint density at radius 3 is 2.69 bits per heavy atom. The maximum absolute atomic E-state index is 10.7. The predicted molar refractivity (Wildman–Crippen MR) is 50.5 cm³/mol. The summed E-state index contributed by atoms with van der Waals surface area (Å²) in [5.41, 5.74) is 6.59. The van der Waals surface area contributed by atoms with Crippen molar-refractivity contribution in [1.82, 2.24) is 5.43 Å². The van der Waals surface area contributed by atoms with E-state index in [0.29, 0.717) is 11.3 Å². The number of hydrazine groups is 1. The Balaban J connectivity index is 3.17. The van der Waals surface area contributed by atoms with Gasteiger partial charge in [-0.1, -0.05) is 12.1 Å². The van der Waals surface area contributed by atoms with Crippen LogP contribution in [0.2, 0.25) is 0 Å². The maximum atomic E-state index is 10.7. The van der Waals surface area contributed by atoms with Crippen LogP contribution in [-0.4, -0.2) is 12.0 Å². The van der Waals surface area contributed by atoms with Gasteiger partial charge in [0.05, 0.1) is 4.92 Å². The van der Waals surface area contributed by atoms with Crippen molar-refractivity contribution >= 4 is 11.4 Å². The molecule has 0 aliphatic heterocycles. The van der Waals surface area contributed by atoms with Crippen molar-refractivity contribution < 1.29 is 4.92 Å². The molecule has 0 saturated heterocycles. The number of aryl methyl sites for hydroxylation is 1. The van der Waals surface area contributed by atoms with Crippen molar-refractivity contribution in [3.8, 4) is 0 Å². The topological polar surface area (TPSA) is 67.2 Å². The first-order valence-corrected chi connectivity index (χ1v) is 3.83. The van der Waals surface area contributed by atoms with Crippen molar-refractivity contribution in [3.63, 3.8) is 0 Å². The van der Waals surface area contributed by atoms with E-state index >= 15 is 0 Å². The van der Waals surface area contributed by atoms with Crippen LogP contribution in [0.4, 0.5) is 11.4 Å². The Morgan fingerprint density at radius 1 is 1.46 bits per heavy atom. The second-order valence-corrected chi connectivity index (χ2v) is 2.60. The number of nitro benzene ring substituents is 1. The van der Waals surface area contributed by atoms with Crippen molar-refractivity contribution in [2.24, 2.45) is 0 Å². The number of nitrogens with one attached hydrogen (secondary N) is 2. The largest absolute Gasteiger partial charge is 0.316 e. The number of anilines is 1. The highest BCUT2D eigenvalue weighted by Gasteiger charge is 2.15. The molecule has 5 heteroatoms. The fraction of sp³-hybridized carbons (Fsp3) is 0.250. The molecule has 0 spiro atoms. The number of para-hydroxylation sites is 1. The van der Waals surface area contributed by atoms with Gasteiger partial charge in [0.25, 0.3) is 5.69 Å². The number of hydrogen-bond donors (Lipinski definition) is 2. The van der Waals surface area contributed by atoms with Crippen LogP contribution >= 0.6 is 0 Å². The number of rotatable bonds is 3. The van der Waals surface area contributed by atoms with Gasteiger partial charge in [-0.25, -0.2) is 5.43 Å². The van der Waals surface area contributed by atoms with Gasteiger partial charge in [-0.05, 0) is 13.0 Å². The molecule has 1 aromatic rings. The fourth-order valence-corrected chi connectivity index (χ4v) is 1.14. The zero-order valence-corrected chi connectivity index (χ0v) is 7.50. The van der Waals surface area contributed by atoms with E-state index < -0.39 is 4.92 Å². The molecule has 0 aromatic heterocycles. The molecule has 0 radical (unpaired) electrons. The molecule has 0 atom stereocenters. The molecule has 70 valence electrons. The van der Waals surface area contributed by atoms with Gasteiger partial charge in [0.1, 0.15) is 5.69 Å². The molecule has 5 nitrogen and oxygen atoms in total. The molecular weight excluding hydrogens is 170 g/mol. The Hall–Kier alpha value is -1.62. The van der Waals surface area contributed by atoms with E-state index in [1.54, 1.807) is 32.2 Å². The first-order valence-electron chi connectivity index (χ1n) is 3.83. The van der Waals surface area contributed by atoms with Gasteiger partial charge in [0, 0.05) is 12.6 Å². The zero-order chi connectivity index (χ0) is 9.84. The third-order valence-corrected chi connectivity index (χ3v) is 1.68. The van der Waals surface area contributed by atoms with Crippen molar-refractivity contribution in [2.45, 2.75) is 6.92 Å². The maximum Gasteiger partial charge on any atom is 0.296 e. The molecule has 13 heavy (non-hydrogen) atoms. The second kappa shape index (κ2) is 3.86. The van der Waals surface area contributed by atoms with E-state index in [0.717, 1.165) is 0 Å². The number of benzene rings is 1. The lowest BCUT2D eigenvalue weighted by Gasteiger charge is -2.05. The third kappa shape index (κ3) is 1.94. The summed E-state index contributed by atoms with van der Waals surface area (Å²) >= 11 is 0. The summed E-state index contributed by atoms with van der Waals surface area (Å²) in [6.45, 7) is 1.71. The summed E-state index contributed by atoms with van der Waals surface area (Å²) in [4.78, 5) is 10.3. The molecule has 0 unspecified atom stereocenters. The summed E-state index contributed by atoms with van der Waals surface area (Å²) in [5.74, 6) is 0. The minimum Gasteiger partial charge on any atom is -0.316 e. The Kier molecular flexibility index (Phi) is 2.81. The third-order valence-electron chi connectivity index (χ3n) is 1.68. The molecule has 0 heterocycles. The summed E-state index contributed by atoms with van der Waals surface area (Å²) < 4.78 is 0. The standard InChI is InChI=1S/C8H11N3O2/c1-6-4-3-5-7(10-9-2)8(6)11(12)13/h3-5,9-10H,1-2H3. The average molecular weight is 181 g/mol. The van der Waals surface area contributed by atoms with Crippen molar-refractivity contribution in [2.75, 3.05) is 12.5 Å². The van der Waals surface area contributed by atoms with E-state index in [2.05, 4.69) is 10.9 Å². The van der Waals surface area contributed by atoms with Crippen LogP contribution in [0, 0.1) is 17.0 Å². The normalized spacial score (nSPS) is 9.69. The highest BCUT2D eigenvalue weighted by atomic mass is 16.6. The van der Waals surface area contributed by atoms with E-state index in [-0.39, 0.29) is 5.69 Å². The van der Waals surface area contributed by atoms with Gasteiger partial charge in [-0.2, -0.15) is 0 Å². The summed E-state index contributed by atoms with van der Waals surface area (Å²) in [5, 5.41) is 10.7. The Labute approximate surface area is 75.9 Å². The first-order chi connectivity index (χ1) is 6.16. The lowest BCUT2D eigenvalue weighted by atomic mass is 10.2. The molecule has 1 aromatic carbocycles. The molecule has 0 aliphatic rings. The van der Waals surface area contributed by atoms with Gasteiger partial charge in [-0.3, -0.25) is 10.1 Å². The van der Waals surface area contributed by atoms with Crippen LogP contribution in [0.3, 0.4) is 0 Å². The van der Waals surface area contributed by atoms with E-state index in [1.165, 1.54) is 0 Å². The molecule has 0 bridgehead atoms. The summed E-state index contributed by atoms with van der Waals surface area (Å²) in [7, 11) is 1.66. The van der Waals surface area contributed by atoms with E-state index in [1.807, 2.05) is 0 Å². The lowest BCUT2D eigenvalue weighted by molar-refractivity contribution is -0.384. The number of nitrogens with zero attached hydrogens (tertiary/aromatic N) is 1. The summed E-state index contributed by atoms with van der Waals surface area (Å²) in [6, 6.07) is 5.13. The van der Waals surface area contributed by atoms with Crippen LogP contribution in [0.15, 0.2) is 18.2 Å². The molecular formula is C8H11N3O2. The second-order valence-electron chi connectivity index (χ2n) is 2.60. The molecule has 2 N–H and O–H groups in total. The minimum atomic E-state index is -0.394. The molecule has 0 saturated carbocycles. The van der Waals surface area contributed by atoms with Crippen LogP contribution in [0.5, 0.6) is 0 Å². The predicted octanol–water partition coefficient (Wildman–Crippen LogP) is 1.45. The average Bonchev–Trinajstić information content (AvgIpc) is 2.04. The smallest absolute Gasteiger partial charge is 0.296 e. The molecule has 1 rings (SSSR count). The lowest BCUT2D eigenvalue weighted by Crippen LogP contribution is -2.16. The monoisotopic (exact) mass is 181 g/mol. The first kappa shape index (κ1) is 9.47. The van der Waals surface area contributed by atoms with Crippen LogP contribution in [0.25, 0.3) is 0 Å². The highest BCUT2D eigenvalue weighted by Crippen LogP contribution is 2.26. The molecule has 0 fully saturated rings.